The topological polar surface area (TPSA) is 90.3 Å². The van der Waals surface area contributed by atoms with Crippen LogP contribution in [0.2, 0.25) is 0 Å². The number of carbonyl (C=O) groups excluding carboxylic acids is 3. The van der Waals surface area contributed by atoms with Crippen molar-refractivity contribution in [3.05, 3.63) is 46.7 Å². The second-order valence-corrected chi connectivity index (χ2v) is 8.91. The van der Waals surface area contributed by atoms with Crippen LogP contribution < -0.4 is 5.32 Å². The average molecular weight is 413 g/mol. The summed E-state index contributed by atoms with van der Waals surface area (Å²) < 4.78 is 7.78. The van der Waals surface area contributed by atoms with Gasteiger partial charge in [-0.25, -0.2) is 9.78 Å². The number of Topliss-reactive ketones (excluding diaryl/α,β-unsaturated/α-hetero) is 2. The fourth-order valence-corrected chi connectivity index (χ4v) is 3.77. The Kier molecular flexibility index (Phi) is 5.57. The lowest BCUT2D eigenvalue weighted by molar-refractivity contribution is 0.0634. The van der Waals surface area contributed by atoms with Crippen LogP contribution in [-0.2, 0) is 18.2 Å². The number of ether oxygens (including phenoxy) is 1. The summed E-state index contributed by atoms with van der Waals surface area (Å²) in [5, 5.41) is 3.48. The van der Waals surface area contributed by atoms with E-state index in [1.165, 1.54) is 11.3 Å². The lowest BCUT2D eigenvalue weighted by atomic mass is 10.1. The zero-order valence-electron chi connectivity index (χ0n) is 17.0. The van der Waals surface area contributed by atoms with Gasteiger partial charge in [-0.05, 0) is 56.8 Å². The van der Waals surface area contributed by atoms with E-state index in [0.717, 1.165) is 15.6 Å². The van der Waals surface area contributed by atoms with Crippen LogP contribution in [0.25, 0.3) is 10.1 Å². The van der Waals surface area contributed by atoms with Crippen molar-refractivity contribution < 1.29 is 19.1 Å². The number of hydrogen-bond donors (Lipinski definition) is 1. The number of imidazole rings is 1. The number of nitrogens with one attached hydrogen (secondary N) is 1. The first-order valence-corrected chi connectivity index (χ1v) is 9.93. The van der Waals surface area contributed by atoms with Crippen LogP contribution >= 0.6 is 11.3 Å². The zero-order chi connectivity index (χ0) is 21.3. The van der Waals surface area contributed by atoms with Gasteiger partial charge in [0.25, 0.3) is 0 Å². The molecule has 0 saturated heterocycles. The van der Waals surface area contributed by atoms with E-state index in [4.69, 9.17) is 4.74 Å². The van der Waals surface area contributed by atoms with Crippen molar-refractivity contribution in [1.82, 2.24) is 9.55 Å². The molecular weight excluding hydrogens is 390 g/mol. The minimum absolute atomic E-state index is 0.0295. The van der Waals surface area contributed by atoms with Crippen molar-refractivity contribution in [3.8, 4) is 0 Å². The number of aromatic nitrogens is 2. The van der Waals surface area contributed by atoms with Gasteiger partial charge in [0, 0.05) is 24.4 Å². The van der Waals surface area contributed by atoms with E-state index in [0.29, 0.717) is 4.88 Å². The molecule has 3 aromatic rings. The largest absolute Gasteiger partial charge is 0.444 e. The molecule has 0 atom stereocenters. The number of nitrogens with zero attached hydrogens (tertiary/aromatic N) is 2. The number of carbonyl (C=O) groups is 3. The number of thiophene rings is 1. The molecule has 1 aromatic carbocycles. The summed E-state index contributed by atoms with van der Waals surface area (Å²) in [4.78, 5) is 41.1. The van der Waals surface area contributed by atoms with Gasteiger partial charge in [0.2, 0.25) is 5.78 Å². The van der Waals surface area contributed by atoms with Crippen molar-refractivity contribution >= 4 is 44.9 Å². The van der Waals surface area contributed by atoms with Crippen molar-refractivity contribution in [1.29, 1.82) is 0 Å². The highest BCUT2D eigenvalue weighted by atomic mass is 32.1. The minimum Gasteiger partial charge on any atom is -0.444 e. The monoisotopic (exact) mass is 413 g/mol. The Morgan fingerprint density at radius 1 is 1.21 bits per heavy atom. The van der Waals surface area contributed by atoms with Gasteiger partial charge >= 0.3 is 6.09 Å². The molecule has 0 saturated carbocycles. The fraction of sp³-hybridized carbons (Fsp3) is 0.333. The first-order valence-electron chi connectivity index (χ1n) is 9.12. The van der Waals surface area contributed by atoms with Crippen LogP contribution in [0.4, 0.5) is 10.6 Å². The van der Waals surface area contributed by atoms with Gasteiger partial charge in [0.1, 0.15) is 5.60 Å². The summed E-state index contributed by atoms with van der Waals surface area (Å²) in [5.74, 6) is 0.350. The van der Waals surface area contributed by atoms with Crippen molar-refractivity contribution in [2.24, 2.45) is 7.05 Å². The summed E-state index contributed by atoms with van der Waals surface area (Å²) in [6.45, 7) is 6.84. The van der Waals surface area contributed by atoms with E-state index in [1.807, 2.05) is 24.3 Å². The van der Waals surface area contributed by atoms with Gasteiger partial charge in [-0.2, -0.15) is 0 Å². The van der Waals surface area contributed by atoms with Crippen molar-refractivity contribution in [2.75, 3.05) is 5.32 Å². The zero-order valence-corrected chi connectivity index (χ0v) is 17.8. The molecule has 0 aliphatic carbocycles. The molecule has 2 aromatic heterocycles. The summed E-state index contributed by atoms with van der Waals surface area (Å²) in [6, 6.07) is 7.56. The molecule has 0 aliphatic rings. The number of ketones is 2. The molecule has 152 valence electrons. The SMILES string of the molecule is CC(=O)c1cc2cc(CC(=O)c3nc(NC(=O)OC(C)(C)C)cn3C)ccc2s1. The molecule has 7 nitrogen and oxygen atoms in total. The predicted octanol–water partition coefficient (Wildman–Crippen LogP) is 4.61. The van der Waals surface area contributed by atoms with Gasteiger partial charge in [-0.15, -0.1) is 11.3 Å². The number of benzene rings is 1. The number of rotatable bonds is 5. The van der Waals surface area contributed by atoms with Gasteiger partial charge in [-0.3, -0.25) is 14.9 Å². The Balaban J connectivity index is 1.74. The number of anilines is 1. The second kappa shape index (κ2) is 7.79. The van der Waals surface area contributed by atoms with Crippen LogP contribution in [0.15, 0.2) is 30.5 Å². The standard InChI is InChI=1S/C21H23N3O4S/c1-12(25)17-10-14-8-13(6-7-16(14)29-17)9-15(26)19-22-18(11-24(19)5)23-20(27)28-21(2,3)4/h6-8,10-11H,9H2,1-5H3,(H,23,27). The van der Waals surface area contributed by atoms with Crippen LogP contribution in [-0.4, -0.2) is 32.8 Å². The molecule has 0 radical (unpaired) electrons. The van der Waals surface area contributed by atoms with Crippen LogP contribution in [0.1, 0.15) is 53.5 Å². The first-order chi connectivity index (χ1) is 13.5. The Labute approximate surface area is 172 Å². The Morgan fingerprint density at radius 2 is 1.93 bits per heavy atom. The smallest absolute Gasteiger partial charge is 0.413 e. The van der Waals surface area contributed by atoms with Crippen molar-refractivity contribution in [2.45, 2.75) is 39.7 Å². The Hall–Kier alpha value is -3.00. The quantitative estimate of drug-likeness (QED) is 0.617. The molecule has 3 rings (SSSR count). The second-order valence-electron chi connectivity index (χ2n) is 7.83. The summed E-state index contributed by atoms with van der Waals surface area (Å²) in [5.41, 5.74) is 0.208. The van der Waals surface area contributed by atoms with E-state index in [2.05, 4.69) is 10.3 Å². The highest BCUT2D eigenvalue weighted by molar-refractivity contribution is 7.20. The van der Waals surface area contributed by atoms with Gasteiger partial charge in [-0.1, -0.05) is 6.07 Å². The highest BCUT2D eigenvalue weighted by Crippen LogP contribution is 2.27. The highest BCUT2D eigenvalue weighted by Gasteiger charge is 2.19. The molecule has 1 N–H and O–H groups in total. The van der Waals surface area contributed by atoms with Crippen molar-refractivity contribution in [3.63, 3.8) is 0 Å². The molecule has 0 fully saturated rings. The number of hydrogen-bond acceptors (Lipinski definition) is 6. The van der Waals surface area contributed by atoms with Gasteiger partial charge < -0.3 is 9.30 Å². The Bertz CT molecular complexity index is 1110. The summed E-state index contributed by atoms with van der Waals surface area (Å²) in [6.07, 6.45) is 1.11. The molecule has 0 unspecified atom stereocenters. The maximum absolute atomic E-state index is 12.7. The lowest BCUT2D eigenvalue weighted by Crippen LogP contribution is -2.27. The molecule has 0 aliphatic heterocycles. The average Bonchev–Trinajstić information content (AvgIpc) is 3.16. The van der Waals surface area contributed by atoms with Crippen LogP contribution in [0.3, 0.4) is 0 Å². The van der Waals surface area contributed by atoms with E-state index >= 15 is 0 Å². The maximum atomic E-state index is 12.7. The van der Waals surface area contributed by atoms with Gasteiger partial charge in [0.15, 0.2) is 17.4 Å². The summed E-state index contributed by atoms with van der Waals surface area (Å²) in [7, 11) is 1.70. The molecule has 8 heteroatoms. The predicted molar refractivity (Wildman–Crippen MR) is 113 cm³/mol. The van der Waals surface area contributed by atoms with Gasteiger partial charge in [0.05, 0.1) is 4.88 Å². The third-order valence-electron chi connectivity index (χ3n) is 4.05. The molecule has 0 spiro atoms. The molecule has 2 heterocycles. The summed E-state index contributed by atoms with van der Waals surface area (Å²) >= 11 is 1.44. The molecule has 0 bridgehead atoms. The lowest BCUT2D eigenvalue weighted by Gasteiger charge is -2.18. The number of amides is 1. The van der Waals surface area contributed by atoms with E-state index in [1.54, 1.807) is 45.5 Å². The Morgan fingerprint density at radius 3 is 2.59 bits per heavy atom. The molecule has 29 heavy (non-hydrogen) atoms. The number of fused-ring (bicyclic) bond motifs is 1. The first kappa shape index (κ1) is 20.7. The van der Waals surface area contributed by atoms with Crippen LogP contribution in [0.5, 0.6) is 0 Å². The van der Waals surface area contributed by atoms with Crippen LogP contribution in [0, 0.1) is 0 Å². The normalized spacial score (nSPS) is 11.5. The molecular formula is C21H23N3O4S. The van der Waals surface area contributed by atoms with E-state index in [-0.39, 0.29) is 29.6 Å². The molecule has 1 amide bonds. The maximum Gasteiger partial charge on any atom is 0.413 e. The third kappa shape index (κ3) is 5.08. The van der Waals surface area contributed by atoms with E-state index < -0.39 is 11.7 Å². The van der Waals surface area contributed by atoms with E-state index in [9.17, 15) is 14.4 Å². The minimum atomic E-state index is -0.626. The third-order valence-corrected chi connectivity index (χ3v) is 5.26. The number of aryl methyl sites for hydroxylation is 1. The fourth-order valence-electron chi connectivity index (χ4n) is 2.83.